The van der Waals surface area contributed by atoms with Crippen molar-refractivity contribution in [3.63, 3.8) is 0 Å². The van der Waals surface area contributed by atoms with Crippen LogP contribution < -0.4 is 4.90 Å². The molecule has 0 bridgehead atoms. The number of thiophene rings is 1. The average Bonchev–Trinajstić information content (AvgIpc) is 2.77. The summed E-state index contributed by atoms with van der Waals surface area (Å²) < 4.78 is 5.17. The van der Waals surface area contributed by atoms with Gasteiger partial charge in [-0.05, 0) is 25.3 Å². The normalized spacial score (nSPS) is 10.6. The lowest BCUT2D eigenvalue weighted by Gasteiger charge is -2.14. The van der Waals surface area contributed by atoms with Crippen LogP contribution in [0.3, 0.4) is 0 Å². The molecule has 15 heavy (non-hydrogen) atoms. The number of nitrogens with one attached hydrogen (secondary N) is 1. The Morgan fingerprint density at radius 2 is 2.20 bits per heavy atom. The molecule has 1 aromatic rings. The second-order valence-corrected chi connectivity index (χ2v) is 4.27. The Labute approximate surface area is 94.7 Å². The van der Waals surface area contributed by atoms with Crippen molar-refractivity contribution in [1.82, 2.24) is 0 Å². The van der Waals surface area contributed by atoms with E-state index in [0.29, 0.717) is 11.5 Å². The van der Waals surface area contributed by atoms with Crippen molar-refractivity contribution in [2.24, 2.45) is 0 Å². The number of likely N-dealkylation sites (N-methyl/N-ethyl adjacent to an activating group) is 1. The Kier molecular flexibility index (Phi) is 5.36. The molecular formula is C11H18NO2S+. The van der Waals surface area contributed by atoms with Crippen LogP contribution in [-0.4, -0.2) is 32.2 Å². The van der Waals surface area contributed by atoms with Crippen LogP contribution in [-0.2, 0) is 4.74 Å². The van der Waals surface area contributed by atoms with Gasteiger partial charge < -0.3 is 9.64 Å². The fourth-order valence-corrected chi connectivity index (χ4v) is 1.97. The first-order valence-corrected chi connectivity index (χ1v) is 6.20. The molecule has 0 amide bonds. The van der Waals surface area contributed by atoms with Crippen molar-refractivity contribution in [3.8, 4) is 0 Å². The first-order valence-electron chi connectivity index (χ1n) is 5.32. The molecule has 1 aromatic heterocycles. The Morgan fingerprint density at radius 1 is 1.47 bits per heavy atom. The topological polar surface area (TPSA) is 30.7 Å². The number of carbonyl (C=O) groups is 1. The molecule has 3 nitrogen and oxygen atoms in total. The van der Waals surface area contributed by atoms with Gasteiger partial charge in [-0.25, -0.2) is 4.79 Å². The summed E-state index contributed by atoms with van der Waals surface area (Å²) in [7, 11) is 0. The predicted molar refractivity (Wildman–Crippen MR) is 61.5 cm³/mol. The number of hydrogen-bond acceptors (Lipinski definition) is 3. The highest BCUT2D eigenvalue weighted by molar-refractivity contribution is 7.11. The highest BCUT2D eigenvalue weighted by atomic mass is 32.1. The zero-order valence-electron chi connectivity index (χ0n) is 9.29. The minimum Gasteiger partial charge on any atom is -0.456 e. The average molecular weight is 228 g/mol. The van der Waals surface area contributed by atoms with E-state index in [-0.39, 0.29) is 5.97 Å². The van der Waals surface area contributed by atoms with Gasteiger partial charge in [-0.15, -0.1) is 11.3 Å². The molecule has 0 saturated carbocycles. The van der Waals surface area contributed by atoms with Crippen molar-refractivity contribution < 1.29 is 14.4 Å². The third-order valence-corrected chi connectivity index (χ3v) is 3.26. The third-order valence-electron chi connectivity index (χ3n) is 2.41. The molecule has 0 spiro atoms. The summed E-state index contributed by atoms with van der Waals surface area (Å²) in [5.41, 5.74) is 0. The molecule has 0 unspecified atom stereocenters. The summed E-state index contributed by atoms with van der Waals surface area (Å²) in [5, 5.41) is 1.88. The highest BCUT2D eigenvalue weighted by Crippen LogP contribution is 2.09. The minimum absolute atomic E-state index is 0.198. The Hall–Kier alpha value is -0.870. The maximum absolute atomic E-state index is 11.4. The van der Waals surface area contributed by atoms with Gasteiger partial charge in [-0.3, -0.25) is 0 Å². The lowest BCUT2D eigenvalue weighted by molar-refractivity contribution is -0.896. The van der Waals surface area contributed by atoms with Crippen LogP contribution in [0, 0.1) is 0 Å². The predicted octanol–water partition coefficient (Wildman–Crippen LogP) is 0.830. The highest BCUT2D eigenvalue weighted by Gasteiger charge is 2.09. The van der Waals surface area contributed by atoms with Crippen LogP contribution in [0.1, 0.15) is 23.5 Å². The quantitative estimate of drug-likeness (QED) is 0.731. The lowest BCUT2D eigenvalue weighted by atomic mass is 10.4. The van der Waals surface area contributed by atoms with Gasteiger partial charge in [0.25, 0.3) is 0 Å². The van der Waals surface area contributed by atoms with Crippen molar-refractivity contribution >= 4 is 17.3 Å². The van der Waals surface area contributed by atoms with Crippen molar-refractivity contribution in [2.75, 3.05) is 26.2 Å². The smallest absolute Gasteiger partial charge is 0.348 e. The van der Waals surface area contributed by atoms with E-state index < -0.39 is 0 Å². The van der Waals surface area contributed by atoms with Gasteiger partial charge in [0.15, 0.2) is 0 Å². The Balaban J connectivity index is 2.23. The van der Waals surface area contributed by atoms with Gasteiger partial charge in [-0.2, -0.15) is 0 Å². The molecule has 0 fully saturated rings. The van der Waals surface area contributed by atoms with E-state index in [1.165, 1.54) is 16.2 Å². The zero-order chi connectivity index (χ0) is 11.1. The number of carbonyl (C=O) groups excluding carboxylic acids is 1. The Morgan fingerprint density at radius 3 is 2.73 bits per heavy atom. The molecule has 0 aliphatic heterocycles. The van der Waals surface area contributed by atoms with Gasteiger partial charge >= 0.3 is 5.97 Å². The molecule has 4 heteroatoms. The molecule has 1 rings (SSSR count). The third kappa shape index (κ3) is 4.01. The molecule has 0 aromatic carbocycles. The maximum Gasteiger partial charge on any atom is 0.348 e. The Bertz CT molecular complexity index is 281. The van der Waals surface area contributed by atoms with Crippen molar-refractivity contribution in [1.29, 1.82) is 0 Å². The first-order chi connectivity index (χ1) is 7.27. The largest absolute Gasteiger partial charge is 0.456 e. The molecule has 0 saturated heterocycles. The van der Waals surface area contributed by atoms with Crippen LogP contribution in [0.5, 0.6) is 0 Å². The number of quaternary nitrogens is 1. The van der Waals surface area contributed by atoms with Crippen LogP contribution in [0.4, 0.5) is 0 Å². The van der Waals surface area contributed by atoms with Gasteiger partial charge in [0.05, 0.1) is 13.1 Å². The van der Waals surface area contributed by atoms with Crippen LogP contribution >= 0.6 is 11.3 Å². The fourth-order valence-electron chi connectivity index (χ4n) is 1.36. The summed E-state index contributed by atoms with van der Waals surface area (Å²) >= 11 is 1.42. The zero-order valence-corrected chi connectivity index (χ0v) is 10.1. The molecule has 0 atom stereocenters. The number of hydrogen-bond donors (Lipinski definition) is 1. The molecule has 1 heterocycles. The molecule has 0 aliphatic rings. The van der Waals surface area contributed by atoms with E-state index in [1.807, 2.05) is 11.4 Å². The van der Waals surface area contributed by atoms with E-state index >= 15 is 0 Å². The van der Waals surface area contributed by atoms with E-state index in [4.69, 9.17) is 4.74 Å². The summed E-state index contributed by atoms with van der Waals surface area (Å²) in [6.45, 7) is 7.83. The van der Waals surface area contributed by atoms with Gasteiger partial charge in [0.1, 0.15) is 18.0 Å². The number of rotatable bonds is 6. The second-order valence-electron chi connectivity index (χ2n) is 3.32. The van der Waals surface area contributed by atoms with E-state index in [9.17, 15) is 4.79 Å². The second kappa shape index (κ2) is 6.58. The molecular weight excluding hydrogens is 210 g/mol. The van der Waals surface area contributed by atoms with Gasteiger partial charge in [0.2, 0.25) is 0 Å². The minimum atomic E-state index is -0.198. The number of esters is 1. The lowest BCUT2D eigenvalue weighted by Crippen LogP contribution is -3.11. The van der Waals surface area contributed by atoms with E-state index in [1.54, 1.807) is 6.07 Å². The van der Waals surface area contributed by atoms with Gasteiger partial charge in [-0.1, -0.05) is 6.07 Å². The number of ether oxygens (including phenoxy) is 1. The van der Waals surface area contributed by atoms with Crippen molar-refractivity contribution in [3.05, 3.63) is 22.4 Å². The van der Waals surface area contributed by atoms with Crippen LogP contribution in [0.15, 0.2) is 17.5 Å². The standard InChI is InChI=1S/C11H17NO2S/c1-3-12(4-2)7-8-14-11(13)10-6-5-9-15-10/h5-6,9H,3-4,7-8H2,1-2H3/p+1. The fraction of sp³-hybridized carbons (Fsp3) is 0.545. The van der Waals surface area contributed by atoms with E-state index in [2.05, 4.69) is 13.8 Å². The molecule has 1 N–H and O–H groups in total. The molecule has 0 aliphatic carbocycles. The summed E-state index contributed by atoms with van der Waals surface area (Å²) in [6.07, 6.45) is 0. The molecule has 84 valence electrons. The summed E-state index contributed by atoms with van der Waals surface area (Å²) in [4.78, 5) is 13.6. The SMILES string of the molecule is CC[NH+](CC)CCOC(=O)c1cccs1. The summed E-state index contributed by atoms with van der Waals surface area (Å²) in [5.74, 6) is -0.198. The van der Waals surface area contributed by atoms with E-state index in [0.717, 1.165) is 19.6 Å². The van der Waals surface area contributed by atoms with Crippen LogP contribution in [0.25, 0.3) is 0 Å². The van der Waals surface area contributed by atoms with Crippen LogP contribution in [0.2, 0.25) is 0 Å². The maximum atomic E-state index is 11.4. The van der Waals surface area contributed by atoms with Crippen molar-refractivity contribution in [2.45, 2.75) is 13.8 Å². The molecule has 0 radical (unpaired) electrons. The van der Waals surface area contributed by atoms with Gasteiger partial charge in [0, 0.05) is 0 Å². The first kappa shape index (κ1) is 12.2. The monoisotopic (exact) mass is 228 g/mol. The summed E-state index contributed by atoms with van der Waals surface area (Å²) in [6, 6.07) is 3.65.